The number of ether oxygens (including phenoxy) is 1. The highest BCUT2D eigenvalue weighted by Gasteiger charge is 2.25. The van der Waals surface area contributed by atoms with E-state index < -0.39 is 16.1 Å². The van der Waals surface area contributed by atoms with E-state index in [1.54, 1.807) is 26.0 Å². The SMILES string of the molecule is CCOc1ccc(S(=O)(=O)N(C)C(C)CO)cc1C. The fourth-order valence-electron chi connectivity index (χ4n) is 1.62. The lowest BCUT2D eigenvalue weighted by molar-refractivity contribution is 0.214. The predicted molar refractivity (Wildman–Crippen MR) is 73.8 cm³/mol. The lowest BCUT2D eigenvalue weighted by Gasteiger charge is -2.23. The van der Waals surface area contributed by atoms with Crippen molar-refractivity contribution in [2.75, 3.05) is 20.3 Å². The molecule has 1 rings (SSSR count). The van der Waals surface area contributed by atoms with Crippen LogP contribution in [0.3, 0.4) is 0 Å². The highest BCUT2D eigenvalue weighted by molar-refractivity contribution is 7.89. The summed E-state index contributed by atoms with van der Waals surface area (Å²) in [5.74, 6) is 0.680. The van der Waals surface area contributed by atoms with Crippen LogP contribution in [-0.4, -0.2) is 44.1 Å². The van der Waals surface area contributed by atoms with Crippen molar-refractivity contribution in [1.29, 1.82) is 0 Å². The third kappa shape index (κ3) is 3.46. The fourth-order valence-corrected chi connectivity index (χ4v) is 3.06. The maximum atomic E-state index is 12.3. The van der Waals surface area contributed by atoms with Gasteiger partial charge in [0.15, 0.2) is 0 Å². The van der Waals surface area contributed by atoms with Crippen LogP contribution in [0.25, 0.3) is 0 Å². The van der Waals surface area contributed by atoms with Crippen molar-refractivity contribution in [3.8, 4) is 5.75 Å². The first-order chi connectivity index (χ1) is 8.84. The average molecular weight is 287 g/mol. The molecule has 0 bridgehead atoms. The Balaban J connectivity index is 3.12. The Kier molecular flexibility index (Phi) is 5.34. The molecule has 1 unspecified atom stereocenters. The van der Waals surface area contributed by atoms with Crippen molar-refractivity contribution in [3.63, 3.8) is 0 Å². The van der Waals surface area contributed by atoms with Crippen molar-refractivity contribution in [1.82, 2.24) is 4.31 Å². The summed E-state index contributed by atoms with van der Waals surface area (Å²) in [5.41, 5.74) is 0.771. The summed E-state index contributed by atoms with van der Waals surface area (Å²) in [5, 5.41) is 9.06. The Morgan fingerprint density at radius 1 is 1.42 bits per heavy atom. The van der Waals surface area contributed by atoms with Gasteiger partial charge < -0.3 is 9.84 Å². The van der Waals surface area contributed by atoms with Crippen LogP contribution in [0.15, 0.2) is 23.1 Å². The predicted octanol–water partition coefficient (Wildman–Crippen LogP) is 1.40. The average Bonchev–Trinajstić information content (AvgIpc) is 2.39. The second-order valence-corrected chi connectivity index (χ2v) is 6.41. The minimum atomic E-state index is -3.59. The second kappa shape index (κ2) is 6.36. The van der Waals surface area contributed by atoms with Gasteiger partial charge >= 0.3 is 0 Å². The normalized spacial score (nSPS) is 13.6. The molecular formula is C13H21NO4S. The van der Waals surface area contributed by atoms with Gasteiger partial charge in [0.2, 0.25) is 10.0 Å². The largest absolute Gasteiger partial charge is 0.494 e. The Morgan fingerprint density at radius 2 is 2.05 bits per heavy atom. The van der Waals surface area contributed by atoms with E-state index in [-0.39, 0.29) is 11.5 Å². The molecule has 1 aromatic rings. The molecule has 0 radical (unpaired) electrons. The molecule has 1 N–H and O–H groups in total. The Hall–Kier alpha value is -1.11. The van der Waals surface area contributed by atoms with E-state index in [9.17, 15) is 8.42 Å². The minimum Gasteiger partial charge on any atom is -0.494 e. The van der Waals surface area contributed by atoms with E-state index in [0.29, 0.717) is 12.4 Å². The first-order valence-electron chi connectivity index (χ1n) is 6.17. The number of nitrogens with zero attached hydrogens (tertiary/aromatic N) is 1. The first kappa shape index (κ1) is 15.9. The lowest BCUT2D eigenvalue weighted by atomic mass is 10.2. The van der Waals surface area contributed by atoms with E-state index in [4.69, 9.17) is 9.84 Å². The molecule has 0 aliphatic rings. The van der Waals surface area contributed by atoms with Gasteiger partial charge in [-0.25, -0.2) is 8.42 Å². The smallest absolute Gasteiger partial charge is 0.243 e. The fraction of sp³-hybridized carbons (Fsp3) is 0.538. The third-order valence-electron chi connectivity index (χ3n) is 3.01. The maximum Gasteiger partial charge on any atom is 0.243 e. The van der Waals surface area contributed by atoms with E-state index in [1.165, 1.54) is 17.4 Å². The van der Waals surface area contributed by atoms with Crippen molar-refractivity contribution < 1.29 is 18.3 Å². The molecule has 108 valence electrons. The van der Waals surface area contributed by atoms with E-state index in [1.807, 2.05) is 6.92 Å². The summed E-state index contributed by atoms with van der Waals surface area (Å²) in [6.07, 6.45) is 0. The number of hydrogen-bond donors (Lipinski definition) is 1. The number of benzene rings is 1. The number of hydrogen-bond acceptors (Lipinski definition) is 4. The summed E-state index contributed by atoms with van der Waals surface area (Å²) in [6.45, 7) is 5.65. The first-order valence-corrected chi connectivity index (χ1v) is 7.61. The van der Waals surface area contributed by atoms with Crippen molar-refractivity contribution in [2.24, 2.45) is 0 Å². The van der Waals surface area contributed by atoms with Gasteiger partial charge in [-0.15, -0.1) is 0 Å². The molecule has 0 saturated carbocycles. The number of aliphatic hydroxyl groups is 1. The minimum absolute atomic E-state index is 0.205. The van der Waals surface area contributed by atoms with Crippen LogP contribution in [-0.2, 0) is 10.0 Å². The van der Waals surface area contributed by atoms with Gasteiger partial charge in [0.25, 0.3) is 0 Å². The molecule has 19 heavy (non-hydrogen) atoms. The Morgan fingerprint density at radius 3 is 2.53 bits per heavy atom. The van der Waals surface area contributed by atoms with E-state index in [2.05, 4.69) is 0 Å². The van der Waals surface area contributed by atoms with Crippen molar-refractivity contribution >= 4 is 10.0 Å². The number of sulfonamides is 1. The number of aryl methyl sites for hydroxylation is 1. The summed E-state index contributed by atoms with van der Waals surface area (Å²) in [6, 6.07) is 4.30. The van der Waals surface area contributed by atoms with Gasteiger partial charge in [-0.2, -0.15) is 4.31 Å². The maximum absolute atomic E-state index is 12.3. The van der Waals surface area contributed by atoms with Crippen LogP contribution in [0.5, 0.6) is 5.75 Å². The van der Waals surface area contributed by atoms with Gasteiger partial charge in [0, 0.05) is 13.1 Å². The molecule has 1 atom stereocenters. The molecule has 0 aliphatic carbocycles. The number of likely N-dealkylation sites (N-methyl/N-ethyl adjacent to an activating group) is 1. The molecule has 0 amide bonds. The highest BCUT2D eigenvalue weighted by atomic mass is 32.2. The lowest BCUT2D eigenvalue weighted by Crippen LogP contribution is -2.37. The Bertz CT molecular complexity index is 527. The molecule has 6 heteroatoms. The van der Waals surface area contributed by atoms with Crippen LogP contribution in [0.1, 0.15) is 19.4 Å². The monoisotopic (exact) mass is 287 g/mol. The summed E-state index contributed by atoms with van der Waals surface area (Å²) in [7, 11) is -2.13. The standard InChI is InChI=1S/C13H21NO4S/c1-5-18-13-7-6-12(8-10(13)2)19(16,17)14(4)11(3)9-15/h6-8,11,15H,5,9H2,1-4H3. The van der Waals surface area contributed by atoms with Crippen LogP contribution in [0.2, 0.25) is 0 Å². The molecule has 0 aromatic heterocycles. The summed E-state index contributed by atoms with van der Waals surface area (Å²) >= 11 is 0. The molecule has 0 saturated heterocycles. The van der Waals surface area contributed by atoms with Gasteiger partial charge in [-0.05, 0) is 44.5 Å². The van der Waals surface area contributed by atoms with Crippen LogP contribution >= 0.6 is 0 Å². The third-order valence-corrected chi connectivity index (χ3v) is 4.98. The number of rotatable bonds is 6. The van der Waals surface area contributed by atoms with Crippen molar-refractivity contribution in [2.45, 2.75) is 31.7 Å². The van der Waals surface area contributed by atoms with Crippen LogP contribution in [0, 0.1) is 6.92 Å². The second-order valence-electron chi connectivity index (χ2n) is 4.41. The van der Waals surface area contributed by atoms with Gasteiger partial charge in [-0.3, -0.25) is 0 Å². The van der Waals surface area contributed by atoms with E-state index in [0.717, 1.165) is 5.56 Å². The van der Waals surface area contributed by atoms with Gasteiger partial charge in [0.05, 0.1) is 18.1 Å². The van der Waals surface area contributed by atoms with Crippen molar-refractivity contribution in [3.05, 3.63) is 23.8 Å². The quantitative estimate of drug-likeness (QED) is 0.858. The zero-order valence-corrected chi connectivity index (χ0v) is 12.6. The van der Waals surface area contributed by atoms with E-state index >= 15 is 0 Å². The van der Waals surface area contributed by atoms with Crippen LogP contribution in [0.4, 0.5) is 0 Å². The molecular weight excluding hydrogens is 266 g/mol. The molecule has 0 aliphatic heterocycles. The molecule has 5 nitrogen and oxygen atoms in total. The summed E-state index contributed by atoms with van der Waals surface area (Å²) in [4.78, 5) is 0.205. The summed E-state index contributed by atoms with van der Waals surface area (Å²) < 4.78 is 31.2. The zero-order valence-electron chi connectivity index (χ0n) is 11.8. The van der Waals surface area contributed by atoms with Gasteiger partial charge in [0.1, 0.15) is 5.75 Å². The topological polar surface area (TPSA) is 66.8 Å². The molecule has 0 fully saturated rings. The molecule has 0 heterocycles. The Labute approximate surface area is 114 Å². The zero-order chi connectivity index (χ0) is 14.6. The molecule has 1 aromatic carbocycles. The molecule has 0 spiro atoms. The van der Waals surface area contributed by atoms with Gasteiger partial charge in [-0.1, -0.05) is 0 Å². The van der Waals surface area contributed by atoms with Crippen LogP contribution < -0.4 is 4.74 Å². The number of aliphatic hydroxyl groups excluding tert-OH is 1. The highest BCUT2D eigenvalue weighted by Crippen LogP contribution is 2.24.